The van der Waals surface area contributed by atoms with Crippen molar-refractivity contribution in [2.45, 2.75) is 30.7 Å². The average Bonchev–Trinajstić information content (AvgIpc) is 3.69. The van der Waals surface area contributed by atoms with Gasteiger partial charge in [0.15, 0.2) is 5.60 Å². The monoisotopic (exact) mass is 582 g/mol. The number of ether oxygens (including phenoxy) is 4. The van der Waals surface area contributed by atoms with Gasteiger partial charge in [0.05, 0.1) is 49.5 Å². The topological polar surface area (TPSA) is 107 Å². The molecule has 13 heteroatoms. The van der Waals surface area contributed by atoms with Gasteiger partial charge in [-0.3, -0.25) is 9.10 Å². The second kappa shape index (κ2) is 10.7. The fourth-order valence-electron chi connectivity index (χ4n) is 5.19. The minimum Gasteiger partial charge on any atom is -0.481 e. The maximum atomic E-state index is 13.5. The summed E-state index contributed by atoms with van der Waals surface area (Å²) < 4.78 is 89.0. The Morgan fingerprint density at radius 3 is 2.58 bits per heavy atom. The second-order valence-corrected chi connectivity index (χ2v) is 12.1. The summed E-state index contributed by atoms with van der Waals surface area (Å²) in [4.78, 5) is 13.3. The van der Waals surface area contributed by atoms with E-state index in [1.54, 1.807) is 18.2 Å². The highest BCUT2D eigenvalue weighted by molar-refractivity contribution is 7.92. The van der Waals surface area contributed by atoms with Crippen molar-refractivity contribution in [2.75, 3.05) is 56.0 Å². The Kier molecular flexibility index (Phi) is 7.59. The molecular weight excluding hydrogens is 553 g/mol. The van der Waals surface area contributed by atoms with Gasteiger partial charge in [0.2, 0.25) is 15.9 Å². The highest BCUT2D eigenvalue weighted by Gasteiger charge is 2.41. The van der Waals surface area contributed by atoms with Crippen LogP contribution in [0.4, 0.5) is 24.5 Å². The molecule has 3 aliphatic rings. The molecule has 3 heterocycles. The first-order chi connectivity index (χ1) is 18.9. The number of carbonyl (C=O) groups is 1. The number of halogens is 3. The lowest BCUT2D eigenvalue weighted by molar-refractivity contribution is -0.138. The van der Waals surface area contributed by atoms with Crippen LogP contribution in [0.2, 0.25) is 0 Å². The Bertz CT molecular complexity index is 1430. The fourth-order valence-corrected chi connectivity index (χ4v) is 6.74. The van der Waals surface area contributed by atoms with Crippen LogP contribution in [0.5, 0.6) is 5.75 Å². The first-order valence-electron chi connectivity index (χ1n) is 12.6. The van der Waals surface area contributed by atoms with E-state index in [4.69, 9.17) is 18.9 Å². The van der Waals surface area contributed by atoms with E-state index in [-0.39, 0.29) is 50.2 Å². The van der Waals surface area contributed by atoms with Crippen LogP contribution >= 0.6 is 0 Å². The maximum absolute atomic E-state index is 13.5. The summed E-state index contributed by atoms with van der Waals surface area (Å²) in [6.07, 6.45) is -3.06. The molecule has 0 aliphatic carbocycles. The lowest BCUT2D eigenvalue weighted by atomic mass is 9.86. The number of epoxide rings is 1. The molecule has 2 aromatic carbocycles. The van der Waals surface area contributed by atoms with Crippen LogP contribution in [0.15, 0.2) is 42.5 Å². The Balaban J connectivity index is 1.48. The minimum absolute atomic E-state index is 0.0106. The van der Waals surface area contributed by atoms with Crippen molar-refractivity contribution in [2.24, 2.45) is 0 Å². The Hall–Kier alpha value is -3.13. The summed E-state index contributed by atoms with van der Waals surface area (Å²) in [5, 5.41) is 2.84. The number of alkyl halides is 3. The van der Waals surface area contributed by atoms with Crippen molar-refractivity contribution in [1.82, 2.24) is 0 Å². The number of anilines is 2. The summed E-state index contributed by atoms with van der Waals surface area (Å²) in [7, 11) is -0.640. The quantitative estimate of drug-likeness (QED) is 0.374. The molecule has 5 rings (SSSR count). The van der Waals surface area contributed by atoms with Crippen LogP contribution in [0.1, 0.15) is 23.1 Å². The molecule has 40 heavy (non-hydrogen) atoms. The maximum Gasteiger partial charge on any atom is 0.416 e. The number of carbonyl (C=O) groups excluding carboxylic acids is 1. The summed E-state index contributed by atoms with van der Waals surface area (Å²) in [6.45, 7) is 0.719. The highest BCUT2D eigenvalue weighted by Crippen LogP contribution is 2.44. The number of rotatable bonds is 8. The number of hydrogen-bond acceptors (Lipinski definition) is 7. The van der Waals surface area contributed by atoms with Gasteiger partial charge < -0.3 is 24.3 Å². The predicted octanol–water partition coefficient (Wildman–Crippen LogP) is 3.63. The van der Waals surface area contributed by atoms with Crippen molar-refractivity contribution < 1.29 is 45.3 Å². The number of fused-ring (bicyclic) bond motifs is 2. The normalized spacial score (nSPS) is 21.8. The number of methoxy groups -OCH3 is 2. The molecule has 1 unspecified atom stereocenters. The Morgan fingerprint density at radius 1 is 1.20 bits per heavy atom. The number of sulfonamides is 1. The van der Waals surface area contributed by atoms with Gasteiger partial charge in [-0.1, -0.05) is 12.1 Å². The van der Waals surface area contributed by atoms with Gasteiger partial charge in [0, 0.05) is 43.5 Å². The molecule has 0 bridgehead atoms. The van der Waals surface area contributed by atoms with E-state index in [9.17, 15) is 26.4 Å². The smallest absolute Gasteiger partial charge is 0.416 e. The lowest BCUT2D eigenvalue weighted by Crippen LogP contribution is -2.47. The third kappa shape index (κ3) is 5.82. The first-order valence-corrected chi connectivity index (χ1v) is 14.2. The predicted molar refractivity (Wildman–Crippen MR) is 141 cm³/mol. The van der Waals surface area contributed by atoms with Crippen molar-refractivity contribution in [3.63, 3.8) is 0 Å². The molecule has 0 radical (unpaired) electrons. The summed E-state index contributed by atoms with van der Waals surface area (Å²) in [6, 6.07) is 8.18. The van der Waals surface area contributed by atoms with E-state index < -0.39 is 33.3 Å². The molecule has 3 aliphatic heterocycles. The third-order valence-corrected chi connectivity index (χ3v) is 8.75. The minimum atomic E-state index is -4.58. The number of nitrogens with zero attached hydrogens (tertiary/aromatic N) is 1. The van der Waals surface area contributed by atoms with Gasteiger partial charge in [0.1, 0.15) is 5.75 Å². The Morgan fingerprint density at radius 2 is 1.93 bits per heavy atom. The van der Waals surface area contributed by atoms with E-state index >= 15 is 0 Å². The fraction of sp³-hybridized carbons (Fsp3) is 0.444. The SMILES string of the molecule is COCC1(COC)CC(=CC(=O)Nc2cccc3c2CCS(=O)(=O)N3CC2CO2)c2ccc(C(F)(F)F)cc2O1. The van der Waals surface area contributed by atoms with Gasteiger partial charge in [-0.2, -0.15) is 13.2 Å². The molecule has 1 N–H and O–H groups in total. The third-order valence-electron chi connectivity index (χ3n) is 7.01. The molecular formula is C27H29F3N2O7S. The van der Waals surface area contributed by atoms with E-state index in [1.165, 1.54) is 30.7 Å². The molecule has 0 aromatic heterocycles. The van der Waals surface area contributed by atoms with Gasteiger partial charge in [-0.05, 0) is 36.3 Å². The number of nitrogens with one attached hydrogen (secondary N) is 1. The van der Waals surface area contributed by atoms with Gasteiger partial charge in [-0.15, -0.1) is 0 Å². The molecule has 0 spiro atoms. The van der Waals surface area contributed by atoms with Crippen LogP contribution in [0, 0.1) is 0 Å². The summed E-state index contributed by atoms with van der Waals surface area (Å²) in [5.41, 5.74) is 0.383. The standard InChI is InChI=1S/C27H29F3N2O7S/c1-36-15-26(16-37-2)12-17(20-7-6-18(27(28,29)30)11-24(20)39-26)10-25(33)31-22-4-3-5-23-21(22)8-9-40(34,35)32(23)13-19-14-38-19/h3-7,10-11,19H,8-9,12-16H2,1-2H3,(H,31,33). The zero-order valence-electron chi connectivity index (χ0n) is 21.9. The van der Waals surface area contributed by atoms with E-state index in [0.717, 1.165) is 12.1 Å². The van der Waals surface area contributed by atoms with Gasteiger partial charge in [0.25, 0.3) is 0 Å². The lowest BCUT2D eigenvalue weighted by Gasteiger charge is -2.39. The van der Waals surface area contributed by atoms with Crippen LogP contribution in [-0.4, -0.2) is 72.4 Å². The van der Waals surface area contributed by atoms with Crippen molar-refractivity contribution in [1.29, 1.82) is 0 Å². The van der Waals surface area contributed by atoms with Crippen molar-refractivity contribution >= 4 is 32.9 Å². The van der Waals surface area contributed by atoms with E-state index in [2.05, 4.69) is 5.32 Å². The largest absolute Gasteiger partial charge is 0.481 e. The number of amides is 1. The van der Waals surface area contributed by atoms with E-state index in [0.29, 0.717) is 34.7 Å². The molecule has 216 valence electrons. The molecule has 1 saturated heterocycles. The van der Waals surface area contributed by atoms with Crippen molar-refractivity contribution in [3.8, 4) is 5.75 Å². The molecule has 1 fully saturated rings. The van der Waals surface area contributed by atoms with Gasteiger partial charge >= 0.3 is 6.18 Å². The van der Waals surface area contributed by atoms with Gasteiger partial charge in [-0.25, -0.2) is 8.42 Å². The zero-order valence-corrected chi connectivity index (χ0v) is 22.7. The first kappa shape index (κ1) is 28.4. The molecule has 1 amide bonds. The van der Waals surface area contributed by atoms with E-state index in [1.807, 2.05) is 0 Å². The highest BCUT2D eigenvalue weighted by atomic mass is 32.2. The molecule has 2 aromatic rings. The zero-order chi connectivity index (χ0) is 28.7. The second-order valence-electron chi connectivity index (χ2n) is 10.1. The van der Waals surface area contributed by atoms with Crippen molar-refractivity contribution in [3.05, 3.63) is 59.2 Å². The summed E-state index contributed by atoms with van der Waals surface area (Å²) in [5.74, 6) is -0.663. The molecule has 9 nitrogen and oxygen atoms in total. The number of hydrogen-bond donors (Lipinski definition) is 1. The number of benzene rings is 2. The molecule has 0 saturated carbocycles. The average molecular weight is 583 g/mol. The van der Waals surface area contributed by atoms with Crippen LogP contribution in [-0.2, 0) is 41.6 Å². The van der Waals surface area contributed by atoms with Crippen LogP contribution in [0.25, 0.3) is 5.57 Å². The summed E-state index contributed by atoms with van der Waals surface area (Å²) >= 11 is 0. The Labute approximate surface area is 229 Å². The molecule has 1 atom stereocenters. The van der Waals surface area contributed by atoms with Crippen LogP contribution in [0.3, 0.4) is 0 Å². The van der Waals surface area contributed by atoms with Crippen LogP contribution < -0.4 is 14.4 Å².